The standard InChI is InChI=1S/C15H22N2O2/c1-9-7-11(5-6-12(9)16-10(2)18)17-13-8-14(19)15(13,3)4/h5-7,13-14,17,19H,8H2,1-4H3,(H,16,18). The van der Waals surface area contributed by atoms with E-state index in [0.717, 1.165) is 23.4 Å². The average molecular weight is 262 g/mol. The molecule has 1 saturated carbocycles. The number of benzene rings is 1. The fraction of sp³-hybridized carbons (Fsp3) is 0.533. The van der Waals surface area contributed by atoms with Gasteiger partial charge in [0.25, 0.3) is 0 Å². The Morgan fingerprint density at radius 2 is 2.11 bits per heavy atom. The van der Waals surface area contributed by atoms with Gasteiger partial charge in [0.05, 0.1) is 6.10 Å². The summed E-state index contributed by atoms with van der Waals surface area (Å²) in [5.74, 6) is -0.0629. The van der Waals surface area contributed by atoms with Crippen molar-refractivity contribution in [2.75, 3.05) is 10.6 Å². The zero-order valence-corrected chi connectivity index (χ0v) is 11.9. The van der Waals surface area contributed by atoms with Crippen molar-refractivity contribution in [2.24, 2.45) is 5.41 Å². The third-order valence-corrected chi connectivity index (χ3v) is 4.09. The second kappa shape index (κ2) is 4.85. The minimum absolute atomic E-state index is 0.0629. The molecule has 0 spiro atoms. The number of hydrogen-bond donors (Lipinski definition) is 3. The molecule has 0 heterocycles. The summed E-state index contributed by atoms with van der Waals surface area (Å²) >= 11 is 0. The minimum Gasteiger partial charge on any atom is -0.392 e. The second-order valence-corrected chi connectivity index (χ2v) is 5.98. The maximum absolute atomic E-state index is 11.1. The zero-order valence-electron chi connectivity index (χ0n) is 11.9. The van der Waals surface area contributed by atoms with Crippen LogP contribution < -0.4 is 10.6 Å². The highest BCUT2D eigenvalue weighted by Crippen LogP contribution is 2.42. The SMILES string of the molecule is CC(=O)Nc1ccc(NC2CC(O)C2(C)C)cc1C. The van der Waals surface area contributed by atoms with Gasteiger partial charge in [-0.05, 0) is 37.1 Å². The number of carbonyl (C=O) groups excluding carboxylic acids is 1. The molecule has 2 rings (SSSR count). The maximum Gasteiger partial charge on any atom is 0.221 e. The fourth-order valence-electron chi connectivity index (χ4n) is 2.43. The van der Waals surface area contributed by atoms with E-state index in [1.807, 2.05) is 25.1 Å². The molecule has 3 N–H and O–H groups in total. The summed E-state index contributed by atoms with van der Waals surface area (Å²) in [6, 6.07) is 6.17. The molecule has 19 heavy (non-hydrogen) atoms. The van der Waals surface area contributed by atoms with Crippen molar-refractivity contribution in [3.63, 3.8) is 0 Å². The summed E-state index contributed by atoms with van der Waals surface area (Å²) in [6.07, 6.45) is 0.546. The molecule has 1 amide bonds. The van der Waals surface area contributed by atoms with Gasteiger partial charge in [0, 0.05) is 29.8 Å². The first kappa shape index (κ1) is 13.9. The Hall–Kier alpha value is -1.55. The summed E-state index contributed by atoms with van der Waals surface area (Å²) in [5, 5.41) is 16.0. The predicted octanol–water partition coefficient (Wildman–Crippen LogP) is 2.52. The third kappa shape index (κ3) is 2.73. The van der Waals surface area contributed by atoms with Gasteiger partial charge >= 0.3 is 0 Å². The van der Waals surface area contributed by atoms with Gasteiger partial charge < -0.3 is 15.7 Å². The number of aryl methyl sites for hydroxylation is 1. The number of hydrogen-bond acceptors (Lipinski definition) is 3. The molecule has 0 aromatic heterocycles. The summed E-state index contributed by atoms with van der Waals surface area (Å²) in [7, 11) is 0. The van der Waals surface area contributed by atoms with E-state index in [0.29, 0.717) is 0 Å². The molecule has 4 heteroatoms. The number of aliphatic hydroxyl groups is 1. The van der Waals surface area contributed by atoms with Crippen LogP contribution in [0, 0.1) is 12.3 Å². The van der Waals surface area contributed by atoms with Crippen LogP contribution in [-0.2, 0) is 4.79 Å². The highest BCUT2D eigenvalue weighted by atomic mass is 16.3. The minimum atomic E-state index is -0.232. The van der Waals surface area contributed by atoms with E-state index in [1.165, 1.54) is 6.92 Å². The van der Waals surface area contributed by atoms with Gasteiger partial charge in [0.15, 0.2) is 0 Å². The van der Waals surface area contributed by atoms with E-state index in [-0.39, 0.29) is 23.5 Å². The Bertz CT molecular complexity index is 497. The molecule has 2 atom stereocenters. The lowest BCUT2D eigenvalue weighted by atomic mass is 9.64. The van der Waals surface area contributed by atoms with Gasteiger partial charge in [-0.15, -0.1) is 0 Å². The predicted molar refractivity (Wildman–Crippen MR) is 77.3 cm³/mol. The van der Waals surface area contributed by atoms with Crippen LogP contribution in [0.2, 0.25) is 0 Å². The van der Waals surface area contributed by atoms with Crippen LogP contribution in [0.1, 0.15) is 32.8 Å². The number of nitrogens with one attached hydrogen (secondary N) is 2. The Morgan fingerprint density at radius 3 is 2.58 bits per heavy atom. The topological polar surface area (TPSA) is 61.4 Å². The van der Waals surface area contributed by atoms with Gasteiger partial charge in [-0.1, -0.05) is 13.8 Å². The first-order valence-corrected chi connectivity index (χ1v) is 6.63. The molecule has 1 aromatic rings. The summed E-state index contributed by atoms with van der Waals surface area (Å²) in [5.41, 5.74) is 2.80. The summed E-state index contributed by atoms with van der Waals surface area (Å²) < 4.78 is 0. The molecular formula is C15H22N2O2. The quantitative estimate of drug-likeness (QED) is 0.784. The molecule has 1 fully saturated rings. The molecule has 0 saturated heterocycles. The smallest absolute Gasteiger partial charge is 0.221 e. The molecule has 1 aliphatic carbocycles. The van der Waals surface area contributed by atoms with Crippen molar-refractivity contribution in [2.45, 2.75) is 46.3 Å². The van der Waals surface area contributed by atoms with Crippen LogP contribution in [0.4, 0.5) is 11.4 Å². The van der Waals surface area contributed by atoms with E-state index >= 15 is 0 Å². The Balaban J connectivity index is 2.07. The van der Waals surface area contributed by atoms with E-state index < -0.39 is 0 Å². The van der Waals surface area contributed by atoms with Crippen LogP contribution in [-0.4, -0.2) is 23.2 Å². The molecule has 0 aliphatic heterocycles. The lowest BCUT2D eigenvalue weighted by molar-refractivity contribution is -0.114. The molecule has 4 nitrogen and oxygen atoms in total. The van der Waals surface area contributed by atoms with Crippen LogP contribution in [0.3, 0.4) is 0 Å². The first-order chi connectivity index (χ1) is 8.80. The number of aliphatic hydroxyl groups excluding tert-OH is 1. The molecule has 0 bridgehead atoms. The van der Waals surface area contributed by atoms with Crippen LogP contribution in [0.25, 0.3) is 0 Å². The van der Waals surface area contributed by atoms with Crippen LogP contribution in [0.15, 0.2) is 18.2 Å². The van der Waals surface area contributed by atoms with Crippen molar-refractivity contribution >= 4 is 17.3 Å². The van der Waals surface area contributed by atoms with Gasteiger partial charge in [0.2, 0.25) is 5.91 Å². The normalized spacial score (nSPS) is 24.5. The first-order valence-electron chi connectivity index (χ1n) is 6.63. The van der Waals surface area contributed by atoms with Crippen molar-refractivity contribution < 1.29 is 9.90 Å². The highest BCUT2D eigenvalue weighted by Gasteiger charge is 2.47. The van der Waals surface area contributed by atoms with E-state index in [4.69, 9.17) is 0 Å². The number of rotatable bonds is 3. The second-order valence-electron chi connectivity index (χ2n) is 5.98. The van der Waals surface area contributed by atoms with Gasteiger partial charge in [0.1, 0.15) is 0 Å². The van der Waals surface area contributed by atoms with Gasteiger partial charge in [-0.2, -0.15) is 0 Å². The summed E-state index contributed by atoms with van der Waals surface area (Å²) in [6.45, 7) is 7.61. The Kier molecular flexibility index (Phi) is 3.54. The lowest BCUT2D eigenvalue weighted by Crippen LogP contribution is -2.56. The number of carbonyl (C=O) groups is 1. The summed E-state index contributed by atoms with van der Waals surface area (Å²) in [4.78, 5) is 11.1. The average Bonchev–Trinajstić information content (AvgIpc) is 2.32. The maximum atomic E-state index is 11.1. The molecular weight excluding hydrogens is 240 g/mol. The lowest BCUT2D eigenvalue weighted by Gasteiger charge is -2.49. The molecule has 2 unspecified atom stereocenters. The zero-order chi connectivity index (χ0) is 14.2. The van der Waals surface area contributed by atoms with Crippen molar-refractivity contribution in [3.05, 3.63) is 23.8 Å². The Morgan fingerprint density at radius 1 is 1.42 bits per heavy atom. The molecule has 1 aliphatic rings. The van der Waals surface area contributed by atoms with Gasteiger partial charge in [-0.3, -0.25) is 4.79 Å². The van der Waals surface area contributed by atoms with Crippen molar-refractivity contribution in [1.29, 1.82) is 0 Å². The van der Waals surface area contributed by atoms with Crippen molar-refractivity contribution in [1.82, 2.24) is 0 Å². The van der Waals surface area contributed by atoms with Crippen LogP contribution >= 0.6 is 0 Å². The molecule has 1 aromatic carbocycles. The number of anilines is 2. The van der Waals surface area contributed by atoms with Crippen molar-refractivity contribution in [3.8, 4) is 0 Å². The fourth-order valence-corrected chi connectivity index (χ4v) is 2.43. The number of amides is 1. The third-order valence-electron chi connectivity index (χ3n) is 4.09. The van der Waals surface area contributed by atoms with Crippen LogP contribution in [0.5, 0.6) is 0 Å². The van der Waals surface area contributed by atoms with E-state index in [9.17, 15) is 9.90 Å². The largest absolute Gasteiger partial charge is 0.392 e. The van der Waals surface area contributed by atoms with Gasteiger partial charge in [-0.25, -0.2) is 0 Å². The molecule has 104 valence electrons. The molecule has 0 radical (unpaired) electrons. The van der Waals surface area contributed by atoms with E-state index in [2.05, 4.69) is 24.5 Å². The highest BCUT2D eigenvalue weighted by molar-refractivity contribution is 5.89. The monoisotopic (exact) mass is 262 g/mol. The Labute approximate surface area is 114 Å². The van der Waals surface area contributed by atoms with E-state index in [1.54, 1.807) is 0 Å².